The number of amides is 1. The Morgan fingerprint density at radius 2 is 2.08 bits per heavy atom. The number of benzene rings is 1. The molecule has 2 aromatic rings. The Labute approximate surface area is 140 Å². The predicted molar refractivity (Wildman–Crippen MR) is 95.6 cm³/mol. The minimum atomic E-state index is -0.369. The number of aryl methyl sites for hydroxylation is 1. The van der Waals surface area contributed by atoms with Crippen LogP contribution in [0.2, 0.25) is 0 Å². The van der Waals surface area contributed by atoms with Crippen LogP contribution in [-0.4, -0.2) is 10.9 Å². The van der Waals surface area contributed by atoms with Crippen molar-refractivity contribution in [1.29, 1.82) is 0 Å². The molecule has 0 bridgehead atoms. The first-order chi connectivity index (χ1) is 11.4. The van der Waals surface area contributed by atoms with Gasteiger partial charge in [0.1, 0.15) is 5.82 Å². The van der Waals surface area contributed by atoms with Gasteiger partial charge in [0.25, 0.3) is 5.91 Å². The Morgan fingerprint density at radius 1 is 1.33 bits per heavy atom. The molecular weight excluding hydrogens is 305 g/mol. The lowest BCUT2D eigenvalue weighted by Gasteiger charge is -2.03. The van der Waals surface area contributed by atoms with E-state index < -0.39 is 0 Å². The largest absolute Gasteiger partial charge is 0.398 e. The number of aromatic nitrogens is 1. The molecule has 0 radical (unpaired) electrons. The molecule has 0 aliphatic carbocycles. The van der Waals surface area contributed by atoms with Gasteiger partial charge in [0.15, 0.2) is 0 Å². The third-order valence-corrected chi connectivity index (χ3v) is 4.24. The van der Waals surface area contributed by atoms with Crippen molar-refractivity contribution in [1.82, 2.24) is 4.98 Å². The van der Waals surface area contributed by atoms with Crippen molar-refractivity contribution in [2.75, 3.05) is 5.32 Å². The van der Waals surface area contributed by atoms with Crippen LogP contribution in [0, 0.1) is 19.7 Å². The zero-order valence-electron chi connectivity index (χ0n) is 14.0. The highest BCUT2D eigenvalue weighted by Crippen LogP contribution is 2.34. The SMILES string of the molecule is CC/C=C(/N)c1c(C)[nH]c(/C=C2\C(=O)Nc3ccc(F)cc32)c1C. The molecule has 0 spiro atoms. The second-order valence-electron chi connectivity index (χ2n) is 5.93. The normalized spacial score (nSPS) is 15.8. The van der Waals surface area contributed by atoms with Gasteiger partial charge in [-0.1, -0.05) is 13.0 Å². The Balaban J connectivity index is 2.11. The van der Waals surface area contributed by atoms with Crippen LogP contribution in [0.4, 0.5) is 10.1 Å². The monoisotopic (exact) mass is 325 g/mol. The fraction of sp³-hybridized carbons (Fsp3) is 0.211. The van der Waals surface area contributed by atoms with Crippen LogP contribution in [0.1, 0.15) is 41.4 Å². The molecule has 0 atom stereocenters. The second-order valence-corrected chi connectivity index (χ2v) is 5.93. The molecule has 1 aromatic carbocycles. The van der Waals surface area contributed by atoms with Crippen LogP contribution in [-0.2, 0) is 4.79 Å². The summed E-state index contributed by atoms with van der Waals surface area (Å²) in [6, 6.07) is 4.28. The first-order valence-electron chi connectivity index (χ1n) is 7.90. The van der Waals surface area contributed by atoms with E-state index >= 15 is 0 Å². The van der Waals surface area contributed by atoms with Crippen molar-refractivity contribution in [3.63, 3.8) is 0 Å². The van der Waals surface area contributed by atoms with Gasteiger partial charge in [0, 0.05) is 33.9 Å². The van der Waals surface area contributed by atoms with Crippen molar-refractivity contribution in [3.05, 3.63) is 58.2 Å². The number of fused-ring (bicyclic) bond motifs is 1. The summed E-state index contributed by atoms with van der Waals surface area (Å²) >= 11 is 0. The molecule has 4 N–H and O–H groups in total. The lowest BCUT2D eigenvalue weighted by molar-refractivity contribution is -0.110. The van der Waals surface area contributed by atoms with E-state index in [4.69, 9.17) is 5.73 Å². The molecule has 1 aliphatic heterocycles. The fourth-order valence-corrected chi connectivity index (χ4v) is 3.12. The van der Waals surface area contributed by atoms with Gasteiger partial charge in [0.05, 0.1) is 5.57 Å². The van der Waals surface area contributed by atoms with Crippen LogP contribution in [0.25, 0.3) is 17.3 Å². The number of rotatable bonds is 3. The highest BCUT2D eigenvalue weighted by atomic mass is 19.1. The second kappa shape index (κ2) is 6.00. The maximum absolute atomic E-state index is 13.5. The average Bonchev–Trinajstić information content (AvgIpc) is 2.97. The van der Waals surface area contributed by atoms with Gasteiger partial charge >= 0.3 is 0 Å². The quantitative estimate of drug-likeness (QED) is 0.747. The third kappa shape index (κ3) is 2.62. The molecule has 1 aromatic heterocycles. The van der Waals surface area contributed by atoms with Crippen molar-refractivity contribution < 1.29 is 9.18 Å². The van der Waals surface area contributed by atoms with Crippen molar-refractivity contribution in [3.8, 4) is 0 Å². The molecule has 3 rings (SSSR count). The van der Waals surface area contributed by atoms with Crippen LogP contribution in [0.15, 0.2) is 24.3 Å². The van der Waals surface area contributed by atoms with Gasteiger partial charge in [-0.25, -0.2) is 4.39 Å². The third-order valence-electron chi connectivity index (χ3n) is 4.24. The molecular formula is C19H20FN3O. The minimum absolute atomic E-state index is 0.235. The molecule has 24 heavy (non-hydrogen) atoms. The molecule has 0 saturated heterocycles. The number of allylic oxidation sites excluding steroid dienone is 1. The standard InChI is InChI=1S/C19H20FN3O/c1-4-5-15(21)18-10(2)17(22-11(18)3)9-14-13-8-12(20)6-7-16(13)23-19(14)24/h5-9,22H,4,21H2,1-3H3,(H,23,24)/b14-9-,15-5+. The van der Waals surface area contributed by atoms with Gasteiger partial charge in [-0.05, 0) is 50.1 Å². The van der Waals surface area contributed by atoms with E-state index in [0.29, 0.717) is 16.8 Å². The summed E-state index contributed by atoms with van der Waals surface area (Å²) < 4.78 is 13.5. The molecule has 1 aliphatic rings. The predicted octanol–water partition coefficient (Wildman–Crippen LogP) is 3.97. The van der Waals surface area contributed by atoms with Crippen molar-refractivity contribution in [2.24, 2.45) is 5.73 Å². The molecule has 5 heteroatoms. The first kappa shape index (κ1) is 16.1. The van der Waals surface area contributed by atoms with E-state index in [1.807, 2.05) is 26.8 Å². The Hall–Kier alpha value is -2.82. The van der Waals surface area contributed by atoms with Gasteiger partial charge in [-0.2, -0.15) is 0 Å². The van der Waals surface area contributed by atoms with Crippen molar-refractivity contribution in [2.45, 2.75) is 27.2 Å². The number of aromatic amines is 1. The lowest BCUT2D eigenvalue weighted by Crippen LogP contribution is -2.03. The number of anilines is 1. The summed E-state index contributed by atoms with van der Waals surface area (Å²) in [5.74, 6) is -0.604. The van der Waals surface area contributed by atoms with Crippen LogP contribution < -0.4 is 11.1 Å². The number of H-pyrrole nitrogens is 1. The Bertz CT molecular complexity index is 890. The average molecular weight is 325 g/mol. The lowest BCUT2D eigenvalue weighted by atomic mass is 10.0. The highest BCUT2D eigenvalue weighted by molar-refractivity contribution is 6.34. The number of nitrogens with two attached hydrogens (primary N) is 1. The fourth-order valence-electron chi connectivity index (χ4n) is 3.12. The van der Waals surface area contributed by atoms with E-state index in [2.05, 4.69) is 10.3 Å². The van der Waals surface area contributed by atoms with Crippen LogP contribution in [0.3, 0.4) is 0 Å². The zero-order valence-corrected chi connectivity index (χ0v) is 14.0. The van der Waals surface area contributed by atoms with Gasteiger partial charge in [0.2, 0.25) is 0 Å². The van der Waals surface area contributed by atoms with E-state index in [1.165, 1.54) is 12.1 Å². The molecule has 0 saturated carbocycles. The molecule has 0 unspecified atom stereocenters. The summed E-state index contributed by atoms with van der Waals surface area (Å²) in [6.45, 7) is 5.94. The maximum Gasteiger partial charge on any atom is 0.256 e. The molecule has 0 fully saturated rings. The Kier molecular flexibility index (Phi) is 4.01. The summed E-state index contributed by atoms with van der Waals surface area (Å²) in [5, 5.41) is 2.76. The topological polar surface area (TPSA) is 70.9 Å². The van der Waals surface area contributed by atoms with Gasteiger partial charge in [-0.15, -0.1) is 0 Å². The maximum atomic E-state index is 13.5. The highest BCUT2D eigenvalue weighted by Gasteiger charge is 2.25. The van der Waals surface area contributed by atoms with Crippen LogP contribution in [0.5, 0.6) is 0 Å². The smallest absolute Gasteiger partial charge is 0.256 e. The van der Waals surface area contributed by atoms with Crippen LogP contribution >= 0.6 is 0 Å². The number of hydrogen-bond donors (Lipinski definition) is 3. The molecule has 4 nitrogen and oxygen atoms in total. The summed E-state index contributed by atoms with van der Waals surface area (Å²) in [5.41, 5.74) is 12.2. The van der Waals surface area contributed by atoms with Gasteiger partial charge < -0.3 is 16.0 Å². The molecule has 2 heterocycles. The minimum Gasteiger partial charge on any atom is -0.398 e. The number of nitrogens with one attached hydrogen (secondary N) is 2. The number of carbonyl (C=O) groups excluding carboxylic acids is 1. The summed E-state index contributed by atoms with van der Waals surface area (Å²) in [6.07, 6.45) is 4.57. The van der Waals surface area contributed by atoms with E-state index in [0.717, 1.165) is 34.6 Å². The molecule has 1 amide bonds. The van der Waals surface area contributed by atoms with E-state index in [1.54, 1.807) is 12.1 Å². The zero-order chi connectivity index (χ0) is 17.4. The number of halogens is 1. The number of hydrogen-bond acceptors (Lipinski definition) is 2. The summed E-state index contributed by atoms with van der Waals surface area (Å²) in [4.78, 5) is 15.5. The van der Waals surface area contributed by atoms with E-state index in [9.17, 15) is 9.18 Å². The van der Waals surface area contributed by atoms with Crippen molar-refractivity contribution >= 4 is 28.9 Å². The van der Waals surface area contributed by atoms with Gasteiger partial charge in [-0.3, -0.25) is 4.79 Å². The Morgan fingerprint density at radius 3 is 2.79 bits per heavy atom. The number of carbonyl (C=O) groups is 1. The van der Waals surface area contributed by atoms with E-state index in [-0.39, 0.29) is 11.7 Å². The first-order valence-corrected chi connectivity index (χ1v) is 7.90. The summed E-state index contributed by atoms with van der Waals surface area (Å²) in [7, 11) is 0. The molecule has 124 valence electrons.